The van der Waals surface area contributed by atoms with Gasteiger partial charge >= 0.3 is 0 Å². The van der Waals surface area contributed by atoms with E-state index in [0.29, 0.717) is 17.7 Å². The van der Waals surface area contributed by atoms with Crippen LogP contribution in [-0.4, -0.2) is 38.1 Å². The summed E-state index contributed by atoms with van der Waals surface area (Å²) in [5.74, 6) is -0.136. The zero-order chi connectivity index (χ0) is 13.3. The van der Waals surface area contributed by atoms with Crippen molar-refractivity contribution in [3.05, 3.63) is 29.6 Å². The van der Waals surface area contributed by atoms with E-state index in [9.17, 15) is 12.8 Å². The zero-order valence-corrected chi connectivity index (χ0v) is 11.0. The van der Waals surface area contributed by atoms with Gasteiger partial charge in [-0.1, -0.05) is 0 Å². The fourth-order valence-corrected chi connectivity index (χ4v) is 3.99. The monoisotopic (exact) mass is 273 g/mol. The van der Waals surface area contributed by atoms with Crippen LogP contribution in [0, 0.1) is 5.82 Å². The fourth-order valence-electron chi connectivity index (χ4n) is 2.22. The highest BCUT2D eigenvalue weighted by molar-refractivity contribution is 7.91. The Hall–Kier alpha value is -1.14. The van der Waals surface area contributed by atoms with Crippen LogP contribution in [0.1, 0.15) is 12.0 Å². The van der Waals surface area contributed by atoms with Gasteiger partial charge in [-0.3, -0.25) is 0 Å². The third-order valence-electron chi connectivity index (χ3n) is 3.29. The van der Waals surface area contributed by atoms with Crippen molar-refractivity contribution >= 4 is 15.5 Å². The zero-order valence-electron chi connectivity index (χ0n) is 10.1. The van der Waals surface area contributed by atoms with Gasteiger partial charge < -0.3 is 10.0 Å². The van der Waals surface area contributed by atoms with Gasteiger partial charge in [-0.15, -0.1) is 0 Å². The largest absolute Gasteiger partial charge is 0.392 e. The minimum absolute atomic E-state index is 0.106. The number of aliphatic hydroxyl groups is 1. The number of rotatable bonds is 3. The van der Waals surface area contributed by atoms with E-state index in [2.05, 4.69) is 0 Å². The molecule has 1 aromatic rings. The smallest absolute Gasteiger partial charge is 0.152 e. The normalized spacial score (nSPS) is 22.1. The first kappa shape index (κ1) is 13.3. The van der Waals surface area contributed by atoms with E-state index in [0.717, 1.165) is 0 Å². The van der Waals surface area contributed by atoms with Crippen molar-refractivity contribution in [1.29, 1.82) is 0 Å². The summed E-state index contributed by atoms with van der Waals surface area (Å²) < 4.78 is 36.2. The molecule has 1 atom stereocenters. The third kappa shape index (κ3) is 2.81. The van der Waals surface area contributed by atoms with Crippen LogP contribution in [0.2, 0.25) is 0 Å². The Morgan fingerprint density at radius 1 is 1.44 bits per heavy atom. The molecule has 1 fully saturated rings. The van der Waals surface area contributed by atoms with Crippen LogP contribution in [0.25, 0.3) is 0 Å². The first-order valence-electron chi connectivity index (χ1n) is 5.75. The van der Waals surface area contributed by atoms with E-state index in [4.69, 9.17) is 5.11 Å². The molecule has 1 saturated heterocycles. The maximum Gasteiger partial charge on any atom is 0.152 e. The van der Waals surface area contributed by atoms with Crippen molar-refractivity contribution in [3.8, 4) is 0 Å². The standard InChI is InChI=1S/C12H16FNO3S/c1-14(11-2-3-18(16,17)8-11)12-5-9(7-15)4-10(13)6-12/h4-6,11,15H,2-3,7-8H2,1H3. The number of hydrogen-bond acceptors (Lipinski definition) is 4. The predicted octanol–water partition coefficient (Wildman–Crippen LogP) is 0.941. The van der Waals surface area contributed by atoms with Crippen LogP contribution in [0.3, 0.4) is 0 Å². The van der Waals surface area contributed by atoms with Gasteiger partial charge in [0.1, 0.15) is 5.82 Å². The lowest BCUT2D eigenvalue weighted by Crippen LogP contribution is -2.32. The van der Waals surface area contributed by atoms with Crippen LogP contribution < -0.4 is 4.90 Å². The summed E-state index contributed by atoms with van der Waals surface area (Å²) in [6, 6.07) is 4.17. The molecule has 0 aliphatic carbocycles. The van der Waals surface area contributed by atoms with Crippen molar-refractivity contribution < 1.29 is 17.9 Å². The molecule has 1 aliphatic rings. The second kappa shape index (κ2) is 4.85. The van der Waals surface area contributed by atoms with Gasteiger partial charge in [0.05, 0.1) is 18.1 Å². The van der Waals surface area contributed by atoms with Crippen molar-refractivity contribution in [3.63, 3.8) is 0 Å². The molecule has 0 amide bonds. The van der Waals surface area contributed by atoms with E-state index in [1.54, 1.807) is 18.0 Å². The SMILES string of the molecule is CN(c1cc(F)cc(CO)c1)C1CCS(=O)(=O)C1. The van der Waals surface area contributed by atoms with Crippen molar-refractivity contribution in [2.75, 3.05) is 23.5 Å². The second-order valence-corrected chi connectivity index (χ2v) is 6.87. The molecule has 6 heteroatoms. The number of nitrogens with zero attached hydrogens (tertiary/aromatic N) is 1. The lowest BCUT2D eigenvalue weighted by atomic mass is 10.1. The first-order valence-corrected chi connectivity index (χ1v) is 7.57. The van der Waals surface area contributed by atoms with E-state index < -0.39 is 15.7 Å². The molecule has 18 heavy (non-hydrogen) atoms. The highest BCUT2D eigenvalue weighted by Gasteiger charge is 2.30. The number of hydrogen-bond donors (Lipinski definition) is 1. The van der Waals surface area contributed by atoms with Crippen LogP contribution in [0.4, 0.5) is 10.1 Å². The van der Waals surface area contributed by atoms with Crippen LogP contribution >= 0.6 is 0 Å². The molecule has 0 spiro atoms. The molecule has 0 saturated carbocycles. The highest BCUT2D eigenvalue weighted by atomic mass is 32.2. The maximum atomic E-state index is 13.4. The van der Waals surface area contributed by atoms with Gasteiger partial charge in [-0.25, -0.2) is 12.8 Å². The van der Waals surface area contributed by atoms with Crippen molar-refractivity contribution in [2.45, 2.75) is 19.1 Å². The number of benzene rings is 1. The van der Waals surface area contributed by atoms with E-state index in [-0.39, 0.29) is 24.2 Å². The van der Waals surface area contributed by atoms with Gasteiger partial charge in [-0.2, -0.15) is 0 Å². The Morgan fingerprint density at radius 3 is 2.72 bits per heavy atom. The minimum Gasteiger partial charge on any atom is -0.392 e. The van der Waals surface area contributed by atoms with Gasteiger partial charge in [0.2, 0.25) is 0 Å². The molecule has 1 N–H and O–H groups in total. The number of halogens is 1. The van der Waals surface area contributed by atoms with Gasteiger partial charge in [0, 0.05) is 18.8 Å². The Labute approximate surface area is 106 Å². The third-order valence-corrected chi connectivity index (χ3v) is 5.04. The minimum atomic E-state index is -2.96. The fraction of sp³-hybridized carbons (Fsp3) is 0.500. The Balaban J connectivity index is 2.23. The van der Waals surface area contributed by atoms with Gasteiger partial charge in [0.25, 0.3) is 0 Å². The van der Waals surface area contributed by atoms with Crippen LogP contribution in [0.5, 0.6) is 0 Å². The molecule has 1 heterocycles. The Bertz CT molecular complexity index is 544. The summed E-state index contributed by atoms with van der Waals surface area (Å²) in [5, 5.41) is 9.04. The van der Waals surface area contributed by atoms with Crippen LogP contribution in [0.15, 0.2) is 18.2 Å². The molecular formula is C12H16FNO3S. The molecule has 100 valence electrons. The van der Waals surface area contributed by atoms with E-state index in [1.807, 2.05) is 0 Å². The molecule has 2 rings (SSSR count). The summed E-state index contributed by atoms with van der Waals surface area (Å²) in [6.07, 6.45) is 0.559. The van der Waals surface area contributed by atoms with Crippen LogP contribution in [-0.2, 0) is 16.4 Å². The van der Waals surface area contributed by atoms with Gasteiger partial charge in [-0.05, 0) is 30.2 Å². The summed E-state index contributed by atoms with van der Waals surface area (Å²) in [7, 11) is -1.21. The van der Waals surface area contributed by atoms with Crippen molar-refractivity contribution in [1.82, 2.24) is 0 Å². The topological polar surface area (TPSA) is 57.6 Å². The quantitative estimate of drug-likeness (QED) is 0.890. The number of sulfone groups is 1. The highest BCUT2D eigenvalue weighted by Crippen LogP contribution is 2.24. The number of anilines is 1. The molecular weight excluding hydrogens is 257 g/mol. The molecule has 4 nitrogen and oxygen atoms in total. The molecule has 1 unspecified atom stereocenters. The van der Waals surface area contributed by atoms with E-state index in [1.165, 1.54) is 12.1 Å². The summed E-state index contributed by atoms with van der Waals surface area (Å²) in [5.41, 5.74) is 1.08. The lowest BCUT2D eigenvalue weighted by molar-refractivity contribution is 0.281. The molecule has 1 aromatic carbocycles. The van der Waals surface area contributed by atoms with E-state index >= 15 is 0 Å². The first-order chi connectivity index (χ1) is 8.41. The average molecular weight is 273 g/mol. The maximum absolute atomic E-state index is 13.4. The molecule has 1 aliphatic heterocycles. The predicted molar refractivity (Wildman–Crippen MR) is 67.8 cm³/mol. The van der Waals surface area contributed by atoms with Crippen molar-refractivity contribution in [2.24, 2.45) is 0 Å². The average Bonchev–Trinajstić information content (AvgIpc) is 2.67. The van der Waals surface area contributed by atoms with Gasteiger partial charge in [0.15, 0.2) is 9.84 Å². The Kier molecular flexibility index (Phi) is 3.59. The Morgan fingerprint density at radius 2 is 2.17 bits per heavy atom. The molecule has 0 aromatic heterocycles. The number of aliphatic hydroxyl groups excluding tert-OH is 1. The molecule has 0 radical (unpaired) electrons. The second-order valence-electron chi connectivity index (χ2n) is 4.64. The summed E-state index contributed by atoms with van der Waals surface area (Å²) >= 11 is 0. The summed E-state index contributed by atoms with van der Waals surface area (Å²) in [6.45, 7) is -0.235. The molecule has 0 bridgehead atoms. The lowest BCUT2D eigenvalue weighted by Gasteiger charge is -2.26. The summed E-state index contributed by atoms with van der Waals surface area (Å²) in [4.78, 5) is 1.77.